The third kappa shape index (κ3) is 5.25. The Morgan fingerprint density at radius 1 is 1.19 bits per heavy atom. The van der Waals surface area contributed by atoms with Crippen molar-refractivity contribution in [2.45, 2.75) is 11.8 Å². The summed E-state index contributed by atoms with van der Waals surface area (Å²) in [5, 5.41) is 2.23. The molecule has 144 valence electrons. The summed E-state index contributed by atoms with van der Waals surface area (Å²) in [6, 6.07) is 7.72. The molecular weight excluding hydrogens is 399 g/mol. The maximum absolute atomic E-state index is 13.7. The Balaban J connectivity index is 2.07. The van der Waals surface area contributed by atoms with Crippen molar-refractivity contribution in [2.24, 2.45) is 0 Å². The molecule has 0 aliphatic rings. The zero-order valence-electron chi connectivity index (χ0n) is 14.4. The number of rotatable bonds is 6. The molecule has 2 aromatic carbocycles. The fraction of sp³-hybridized carbons (Fsp3) is 0.176. The molecule has 1 amide bonds. The number of sulfonamides is 1. The lowest BCUT2D eigenvalue weighted by molar-refractivity contribution is -0.119. The molecule has 7 nitrogen and oxygen atoms in total. The fourth-order valence-corrected chi connectivity index (χ4v) is 3.01. The lowest BCUT2D eigenvalue weighted by atomic mass is 10.2. The number of ether oxygens (including phenoxy) is 1. The minimum Gasteiger partial charge on any atom is -0.452 e. The number of esters is 1. The van der Waals surface area contributed by atoms with E-state index in [2.05, 4.69) is 10.0 Å². The second-order valence-corrected chi connectivity index (χ2v) is 7.75. The molecule has 0 fully saturated rings. The van der Waals surface area contributed by atoms with Crippen molar-refractivity contribution in [1.82, 2.24) is 4.72 Å². The molecule has 2 N–H and O–H groups in total. The molecule has 0 aromatic heterocycles. The summed E-state index contributed by atoms with van der Waals surface area (Å²) < 4.78 is 44.3. The van der Waals surface area contributed by atoms with E-state index in [1.807, 2.05) is 0 Å². The van der Waals surface area contributed by atoms with E-state index < -0.39 is 34.3 Å². The highest BCUT2D eigenvalue weighted by molar-refractivity contribution is 7.89. The Morgan fingerprint density at radius 3 is 2.52 bits per heavy atom. The Morgan fingerprint density at radius 2 is 1.89 bits per heavy atom. The smallest absolute Gasteiger partial charge is 0.340 e. The Kier molecular flexibility index (Phi) is 6.53. The van der Waals surface area contributed by atoms with Crippen LogP contribution in [0.15, 0.2) is 41.3 Å². The van der Waals surface area contributed by atoms with Gasteiger partial charge in [0.05, 0.1) is 21.2 Å². The third-order valence-corrected chi connectivity index (χ3v) is 5.21. The summed E-state index contributed by atoms with van der Waals surface area (Å²) in [7, 11) is -2.57. The average Bonchev–Trinajstić information content (AvgIpc) is 2.62. The molecule has 0 aliphatic carbocycles. The Hall–Kier alpha value is -2.49. The van der Waals surface area contributed by atoms with E-state index in [4.69, 9.17) is 16.3 Å². The molecule has 0 heterocycles. The summed E-state index contributed by atoms with van der Waals surface area (Å²) >= 11 is 5.90. The molecule has 0 aliphatic heterocycles. The number of hydrogen-bond donors (Lipinski definition) is 2. The Bertz CT molecular complexity index is 995. The van der Waals surface area contributed by atoms with E-state index >= 15 is 0 Å². The molecule has 0 saturated carbocycles. The first-order valence-electron chi connectivity index (χ1n) is 7.60. The minimum absolute atomic E-state index is 0.0416. The van der Waals surface area contributed by atoms with Crippen molar-refractivity contribution in [3.63, 3.8) is 0 Å². The number of anilines is 1. The SMILES string of the molecule is CNS(=O)(=O)c1ccc(Cl)c(C(=O)OCC(=O)Nc2ccc(C)cc2F)c1. The Labute approximate surface area is 160 Å². The number of hydrogen-bond acceptors (Lipinski definition) is 5. The van der Waals surface area contributed by atoms with Gasteiger partial charge in [0.25, 0.3) is 5.91 Å². The van der Waals surface area contributed by atoms with E-state index in [0.29, 0.717) is 5.56 Å². The highest BCUT2D eigenvalue weighted by Gasteiger charge is 2.19. The van der Waals surface area contributed by atoms with E-state index in [9.17, 15) is 22.4 Å². The fourth-order valence-electron chi connectivity index (χ4n) is 2.06. The highest BCUT2D eigenvalue weighted by atomic mass is 35.5. The molecule has 27 heavy (non-hydrogen) atoms. The third-order valence-electron chi connectivity index (χ3n) is 3.47. The van der Waals surface area contributed by atoms with Gasteiger partial charge in [-0.2, -0.15) is 0 Å². The van der Waals surface area contributed by atoms with E-state index in [0.717, 1.165) is 6.07 Å². The number of amides is 1. The molecular formula is C17H16ClFN2O5S. The zero-order valence-corrected chi connectivity index (χ0v) is 15.9. The predicted octanol–water partition coefficient (Wildman–Crippen LogP) is 2.49. The van der Waals surface area contributed by atoms with Gasteiger partial charge in [0.2, 0.25) is 10.0 Å². The van der Waals surface area contributed by atoms with Crippen LogP contribution in [0.4, 0.5) is 10.1 Å². The van der Waals surface area contributed by atoms with Gasteiger partial charge in [-0.3, -0.25) is 4.79 Å². The number of carbonyl (C=O) groups is 2. The minimum atomic E-state index is -3.79. The van der Waals surface area contributed by atoms with Crippen LogP contribution in [-0.2, 0) is 19.6 Å². The molecule has 2 rings (SSSR count). The van der Waals surface area contributed by atoms with Gasteiger partial charge in [0, 0.05) is 0 Å². The average molecular weight is 415 g/mol. The number of benzene rings is 2. The van der Waals surface area contributed by atoms with Crippen LogP contribution in [-0.4, -0.2) is 33.9 Å². The topological polar surface area (TPSA) is 102 Å². The van der Waals surface area contributed by atoms with Crippen molar-refractivity contribution >= 4 is 39.2 Å². The predicted molar refractivity (Wildman–Crippen MR) is 97.7 cm³/mol. The van der Waals surface area contributed by atoms with Crippen molar-refractivity contribution in [3.8, 4) is 0 Å². The molecule has 0 unspecified atom stereocenters. The second kappa shape index (κ2) is 8.47. The van der Waals surface area contributed by atoms with Crippen LogP contribution in [0.2, 0.25) is 5.02 Å². The molecule has 0 bridgehead atoms. The monoisotopic (exact) mass is 414 g/mol. The van der Waals surface area contributed by atoms with Gasteiger partial charge in [-0.05, 0) is 49.9 Å². The molecule has 0 spiro atoms. The van der Waals surface area contributed by atoms with Crippen LogP contribution < -0.4 is 10.0 Å². The molecule has 0 radical (unpaired) electrons. The normalized spacial score (nSPS) is 11.1. The lowest BCUT2D eigenvalue weighted by Crippen LogP contribution is -2.22. The van der Waals surface area contributed by atoms with Gasteiger partial charge < -0.3 is 10.1 Å². The van der Waals surface area contributed by atoms with E-state index in [-0.39, 0.29) is 21.2 Å². The second-order valence-electron chi connectivity index (χ2n) is 5.46. The van der Waals surface area contributed by atoms with Crippen LogP contribution in [0.3, 0.4) is 0 Å². The number of aryl methyl sites for hydroxylation is 1. The van der Waals surface area contributed by atoms with Gasteiger partial charge in [0.1, 0.15) is 5.82 Å². The summed E-state index contributed by atoms with van der Waals surface area (Å²) in [5.74, 6) is -2.38. The van der Waals surface area contributed by atoms with Crippen molar-refractivity contribution in [2.75, 3.05) is 19.0 Å². The molecule has 0 atom stereocenters. The standard InChI is InChI=1S/C17H16ClFN2O5S/c1-10-3-6-15(14(19)7-10)21-16(22)9-26-17(23)12-8-11(4-5-13(12)18)27(24,25)20-2/h3-8,20H,9H2,1-2H3,(H,21,22). The van der Waals surface area contributed by atoms with Crippen LogP contribution >= 0.6 is 11.6 Å². The summed E-state index contributed by atoms with van der Waals surface area (Å²) in [5.41, 5.74) is 0.409. The van der Waals surface area contributed by atoms with Gasteiger partial charge >= 0.3 is 5.97 Å². The number of halogens is 2. The first-order chi connectivity index (χ1) is 12.6. The van der Waals surface area contributed by atoms with Crippen LogP contribution in [0.5, 0.6) is 0 Å². The largest absolute Gasteiger partial charge is 0.452 e. The van der Waals surface area contributed by atoms with Crippen LogP contribution in [0, 0.1) is 12.7 Å². The maximum atomic E-state index is 13.7. The lowest BCUT2D eigenvalue weighted by Gasteiger charge is -2.10. The van der Waals surface area contributed by atoms with Crippen LogP contribution in [0.1, 0.15) is 15.9 Å². The first-order valence-corrected chi connectivity index (χ1v) is 9.46. The number of carbonyl (C=O) groups excluding carboxylic acids is 2. The van der Waals surface area contributed by atoms with E-state index in [1.54, 1.807) is 13.0 Å². The maximum Gasteiger partial charge on any atom is 0.340 e. The molecule has 10 heteroatoms. The molecule has 0 saturated heterocycles. The first kappa shape index (κ1) is 20.8. The summed E-state index contributed by atoms with van der Waals surface area (Å²) in [6.45, 7) is 0.994. The quantitative estimate of drug-likeness (QED) is 0.707. The van der Waals surface area contributed by atoms with Gasteiger partial charge in [0.15, 0.2) is 6.61 Å². The van der Waals surface area contributed by atoms with Crippen molar-refractivity contribution < 1.29 is 27.1 Å². The van der Waals surface area contributed by atoms with Crippen molar-refractivity contribution in [3.05, 3.63) is 58.4 Å². The summed E-state index contributed by atoms with van der Waals surface area (Å²) in [4.78, 5) is 23.8. The summed E-state index contributed by atoms with van der Waals surface area (Å²) in [6.07, 6.45) is 0. The van der Waals surface area contributed by atoms with Crippen LogP contribution in [0.25, 0.3) is 0 Å². The highest BCUT2D eigenvalue weighted by Crippen LogP contribution is 2.21. The van der Waals surface area contributed by atoms with Gasteiger partial charge in [-0.25, -0.2) is 22.3 Å². The zero-order chi connectivity index (χ0) is 20.2. The van der Waals surface area contributed by atoms with Crippen molar-refractivity contribution in [1.29, 1.82) is 0 Å². The van der Waals surface area contributed by atoms with Gasteiger partial charge in [-0.15, -0.1) is 0 Å². The van der Waals surface area contributed by atoms with Gasteiger partial charge in [-0.1, -0.05) is 17.7 Å². The van der Waals surface area contributed by atoms with E-state index in [1.165, 1.54) is 31.3 Å². The molecule has 2 aromatic rings. The number of nitrogens with one attached hydrogen (secondary N) is 2.